The van der Waals surface area contributed by atoms with E-state index in [-0.39, 0.29) is 17.9 Å². The van der Waals surface area contributed by atoms with Gasteiger partial charge in [0.15, 0.2) is 12.2 Å². The van der Waals surface area contributed by atoms with Gasteiger partial charge in [-0.05, 0) is 29.7 Å². The average molecular weight is 602 g/mol. The van der Waals surface area contributed by atoms with Gasteiger partial charge in [0.05, 0.1) is 0 Å². The summed E-state index contributed by atoms with van der Waals surface area (Å²) in [5.41, 5.74) is 1.71. The maximum atomic E-state index is 13.2. The summed E-state index contributed by atoms with van der Waals surface area (Å²) in [6.07, 6.45) is -6.34. The number of amides is 1. The van der Waals surface area contributed by atoms with Gasteiger partial charge in [-0.15, -0.1) is 0 Å². The Balaban J connectivity index is 1.96. The molecule has 2 N–H and O–H groups in total. The van der Waals surface area contributed by atoms with Gasteiger partial charge in [0.2, 0.25) is 12.4 Å². The monoisotopic (exact) mass is 601 g/mol. The van der Waals surface area contributed by atoms with Crippen LogP contribution in [-0.4, -0.2) is 72.2 Å². The van der Waals surface area contributed by atoms with E-state index in [0.29, 0.717) is 0 Å². The highest BCUT2D eigenvalue weighted by molar-refractivity contribution is 5.99. The SMILES string of the molecule is CCc1ccc(CNC(=O)c2c(O)cccc2O[C@@H]2O[C@H](COC(C)=O)[C@@H](OC(C)=O)[C@H](OC(C)=O)[C@H]2OC(C)=O)cc1. The Bertz CT molecular complexity index is 1320. The van der Waals surface area contributed by atoms with Crippen LogP contribution in [-0.2, 0) is 55.8 Å². The molecule has 13 heteroatoms. The predicted octanol–water partition coefficient (Wildman–Crippen LogP) is 2.35. The van der Waals surface area contributed by atoms with Crippen molar-refractivity contribution in [3.63, 3.8) is 0 Å². The summed E-state index contributed by atoms with van der Waals surface area (Å²) in [5.74, 6) is -4.35. The molecule has 1 heterocycles. The molecule has 0 saturated carbocycles. The maximum Gasteiger partial charge on any atom is 0.303 e. The molecule has 1 aliphatic rings. The first-order valence-corrected chi connectivity index (χ1v) is 13.5. The van der Waals surface area contributed by atoms with E-state index in [1.807, 2.05) is 31.2 Å². The molecule has 0 radical (unpaired) electrons. The summed E-state index contributed by atoms with van der Waals surface area (Å²) in [6, 6.07) is 11.7. The van der Waals surface area contributed by atoms with Crippen LogP contribution in [0, 0.1) is 0 Å². The number of hydrogen-bond acceptors (Lipinski definition) is 12. The quantitative estimate of drug-likeness (QED) is 0.285. The first-order chi connectivity index (χ1) is 20.4. The maximum absolute atomic E-state index is 13.2. The van der Waals surface area contributed by atoms with Crippen LogP contribution in [0.4, 0.5) is 0 Å². The van der Waals surface area contributed by atoms with Crippen LogP contribution in [0.25, 0.3) is 0 Å². The fourth-order valence-electron chi connectivity index (χ4n) is 4.42. The van der Waals surface area contributed by atoms with Crippen molar-refractivity contribution in [1.29, 1.82) is 0 Å². The Kier molecular flexibility index (Phi) is 11.5. The fourth-order valence-corrected chi connectivity index (χ4v) is 4.42. The molecule has 3 rings (SSSR count). The van der Waals surface area contributed by atoms with Crippen LogP contribution >= 0.6 is 0 Å². The molecule has 232 valence electrons. The zero-order valence-electron chi connectivity index (χ0n) is 24.5. The molecule has 0 aromatic heterocycles. The van der Waals surface area contributed by atoms with E-state index in [1.54, 1.807) is 0 Å². The van der Waals surface area contributed by atoms with Crippen LogP contribution in [0.2, 0.25) is 0 Å². The van der Waals surface area contributed by atoms with Crippen LogP contribution in [0.3, 0.4) is 0 Å². The van der Waals surface area contributed by atoms with E-state index >= 15 is 0 Å². The minimum atomic E-state index is -1.59. The Morgan fingerprint density at radius 2 is 1.37 bits per heavy atom. The summed E-state index contributed by atoms with van der Waals surface area (Å²) in [4.78, 5) is 60.9. The number of benzene rings is 2. The molecular formula is C30H35NO12. The van der Waals surface area contributed by atoms with Crippen LogP contribution in [0.5, 0.6) is 11.5 Å². The number of ether oxygens (including phenoxy) is 6. The average Bonchev–Trinajstić information content (AvgIpc) is 2.93. The highest BCUT2D eigenvalue weighted by Crippen LogP contribution is 2.34. The van der Waals surface area contributed by atoms with Crippen molar-refractivity contribution in [3.8, 4) is 11.5 Å². The zero-order chi connectivity index (χ0) is 31.7. The lowest BCUT2D eigenvalue weighted by atomic mass is 9.98. The van der Waals surface area contributed by atoms with Crippen molar-refractivity contribution in [2.75, 3.05) is 6.61 Å². The fraction of sp³-hybridized carbons (Fsp3) is 0.433. The number of phenolic OH excluding ortho intramolecular Hbond substituents is 1. The topological polar surface area (TPSA) is 173 Å². The molecule has 0 spiro atoms. The van der Waals surface area contributed by atoms with E-state index in [2.05, 4.69) is 5.32 Å². The Hall–Kier alpha value is -4.65. The van der Waals surface area contributed by atoms with Gasteiger partial charge in [-0.3, -0.25) is 24.0 Å². The number of esters is 4. The molecular weight excluding hydrogens is 566 g/mol. The number of aromatic hydroxyl groups is 1. The number of carbonyl (C=O) groups is 5. The third kappa shape index (κ3) is 9.17. The summed E-state index contributed by atoms with van der Waals surface area (Å²) in [7, 11) is 0. The Morgan fingerprint density at radius 1 is 0.791 bits per heavy atom. The molecule has 1 amide bonds. The van der Waals surface area contributed by atoms with Crippen LogP contribution in [0.1, 0.15) is 56.1 Å². The van der Waals surface area contributed by atoms with Crippen LogP contribution < -0.4 is 10.1 Å². The molecule has 0 unspecified atom stereocenters. The second-order valence-corrected chi connectivity index (χ2v) is 9.69. The van der Waals surface area contributed by atoms with Gasteiger partial charge in [-0.2, -0.15) is 0 Å². The molecule has 2 aromatic carbocycles. The number of hydrogen-bond donors (Lipinski definition) is 2. The number of phenols is 1. The van der Waals surface area contributed by atoms with E-state index in [4.69, 9.17) is 28.4 Å². The van der Waals surface area contributed by atoms with Gasteiger partial charge in [0, 0.05) is 34.2 Å². The summed E-state index contributed by atoms with van der Waals surface area (Å²) >= 11 is 0. The molecule has 2 aromatic rings. The standard InChI is InChI=1S/C30H35NO12/c1-6-20-10-12-21(13-11-20)14-31-29(37)25-22(36)8-7-9-23(25)42-30-28(41-19(5)35)27(40-18(4)34)26(39-17(3)33)24(43-30)15-38-16(2)32/h7-13,24,26-28,30,36H,6,14-15H2,1-5H3,(H,31,37)/t24-,26-,27+,28-,30-/m1/s1. The zero-order valence-corrected chi connectivity index (χ0v) is 24.5. The number of nitrogens with one attached hydrogen (secondary N) is 1. The van der Waals surface area contributed by atoms with Crippen LogP contribution in [0.15, 0.2) is 42.5 Å². The molecule has 0 aliphatic carbocycles. The summed E-state index contributed by atoms with van der Waals surface area (Å²) in [5, 5.41) is 13.4. The molecule has 1 aliphatic heterocycles. The van der Waals surface area contributed by atoms with E-state index in [9.17, 15) is 29.1 Å². The van der Waals surface area contributed by atoms with E-state index in [1.165, 1.54) is 18.2 Å². The van der Waals surface area contributed by atoms with Gasteiger partial charge < -0.3 is 38.8 Å². The molecule has 0 bridgehead atoms. The van der Waals surface area contributed by atoms with Gasteiger partial charge in [0.25, 0.3) is 5.91 Å². The second-order valence-electron chi connectivity index (χ2n) is 9.69. The first kappa shape index (κ1) is 32.9. The molecule has 5 atom stereocenters. The number of rotatable bonds is 11. The predicted molar refractivity (Wildman–Crippen MR) is 148 cm³/mol. The largest absolute Gasteiger partial charge is 0.507 e. The first-order valence-electron chi connectivity index (χ1n) is 13.5. The van der Waals surface area contributed by atoms with Crippen molar-refractivity contribution in [2.24, 2.45) is 0 Å². The highest BCUT2D eigenvalue weighted by atomic mass is 16.7. The lowest BCUT2D eigenvalue weighted by Crippen LogP contribution is -2.63. The molecule has 13 nitrogen and oxygen atoms in total. The van der Waals surface area contributed by atoms with Crippen molar-refractivity contribution in [1.82, 2.24) is 5.32 Å². The Morgan fingerprint density at radius 3 is 1.95 bits per heavy atom. The second kappa shape index (κ2) is 15.0. The van der Waals surface area contributed by atoms with Gasteiger partial charge in [0.1, 0.15) is 29.8 Å². The van der Waals surface area contributed by atoms with Gasteiger partial charge in [-0.1, -0.05) is 37.3 Å². The van der Waals surface area contributed by atoms with Crippen molar-refractivity contribution >= 4 is 29.8 Å². The lowest BCUT2D eigenvalue weighted by Gasteiger charge is -2.44. The number of aryl methyl sites for hydroxylation is 1. The lowest BCUT2D eigenvalue weighted by molar-refractivity contribution is -0.288. The van der Waals surface area contributed by atoms with Gasteiger partial charge >= 0.3 is 23.9 Å². The van der Waals surface area contributed by atoms with Gasteiger partial charge in [-0.25, -0.2) is 0 Å². The normalized spacial score (nSPS) is 21.2. The third-order valence-corrected chi connectivity index (χ3v) is 6.31. The molecule has 43 heavy (non-hydrogen) atoms. The highest BCUT2D eigenvalue weighted by Gasteiger charge is 2.53. The third-order valence-electron chi connectivity index (χ3n) is 6.31. The van der Waals surface area contributed by atoms with E-state index < -0.39 is 72.8 Å². The van der Waals surface area contributed by atoms with Crippen molar-refractivity contribution in [3.05, 3.63) is 59.2 Å². The smallest absolute Gasteiger partial charge is 0.303 e. The minimum Gasteiger partial charge on any atom is -0.507 e. The Labute approximate surface area is 248 Å². The van der Waals surface area contributed by atoms with Crippen molar-refractivity contribution < 1.29 is 57.5 Å². The van der Waals surface area contributed by atoms with E-state index in [0.717, 1.165) is 45.2 Å². The number of carbonyl (C=O) groups excluding carboxylic acids is 5. The molecule has 1 saturated heterocycles. The summed E-state index contributed by atoms with van der Waals surface area (Å²) in [6.45, 7) is 6.16. The van der Waals surface area contributed by atoms with Crippen molar-refractivity contribution in [2.45, 2.75) is 78.3 Å². The minimum absolute atomic E-state index is 0.148. The molecule has 1 fully saturated rings. The summed E-state index contributed by atoms with van der Waals surface area (Å²) < 4.78 is 33.2.